The highest BCUT2D eigenvalue weighted by atomic mass is 32.1. The molecule has 0 radical (unpaired) electrons. The Bertz CT molecular complexity index is 835. The summed E-state index contributed by atoms with van der Waals surface area (Å²) in [5.74, 6) is -0.0351. The van der Waals surface area contributed by atoms with Gasteiger partial charge < -0.3 is 15.5 Å². The van der Waals surface area contributed by atoms with Crippen molar-refractivity contribution in [2.24, 2.45) is 0 Å². The van der Waals surface area contributed by atoms with E-state index in [9.17, 15) is 4.79 Å². The Balaban J connectivity index is 1.73. The lowest BCUT2D eigenvalue weighted by Crippen LogP contribution is -2.05. The van der Waals surface area contributed by atoms with Gasteiger partial charge in [-0.15, -0.1) is 11.3 Å². The zero-order valence-corrected chi connectivity index (χ0v) is 11.2. The highest BCUT2D eigenvalue weighted by molar-refractivity contribution is 7.17. The topological polar surface area (TPSA) is 57.0 Å². The molecule has 1 amide bonds. The third-order valence-electron chi connectivity index (χ3n) is 3.92. The minimum absolute atomic E-state index is 0.0351. The number of thiazole rings is 1. The van der Waals surface area contributed by atoms with Crippen LogP contribution in [-0.2, 0) is 4.79 Å². The summed E-state index contributed by atoms with van der Waals surface area (Å²) in [4.78, 5) is 18.8. The van der Waals surface area contributed by atoms with Gasteiger partial charge in [-0.1, -0.05) is 0 Å². The predicted molar refractivity (Wildman–Crippen MR) is 77.9 cm³/mol. The smallest absolute Gasteiger partial charge is 0.256 e. The highest BCUT2D eigenvalue weighted by Gasteiger charge is 2.39. The molecule has 1 unspecified atom stereocenters. The third-order valence-corrected chi connectivity index (χ3v) is 4.78. The number of aromatic nitrogens is 1. The Morgan fingerprint density at radius 2 is 2.40 bits per heavy atom. The van der Waals surface area contributed by atoms with Crippen molar-refractivity contribution in [2.75, 3.05) is 11.9 Å². The van der Waals surface area contributed by atoms with E-state index in [2.05, 4.69) is 20.5 Å². The lowest BCUT2D eigenvalue weighted by Gasteiger charge is -2.02. The minimum Gasteiger partial charge on any atom is -0.368 e. The summed E-state index contributed by atoms with van der Waals surface area (Å²) in [6, 6.07) is 3.88. The molecular weight excluding hydrogens is 272 g/mol. The molecule has 0 aliphatic carbocycles. The number of amides is 1. The van der Waals surface area contributed by atoms with Crippen LogP contribution < -0.4 is 10.6 Å². The second kappa shape index (κ2) is 3.40. The van der Waals surface area contributed by atoms with Crippen molar-refractivity contribution in [2.45, 2.75) is 6.17 Å². The average molecular weight is 282 g/mol. The summed E-state index contributed by atoms with van der Waals surface area (Å²) in [6.07, 6.45) is 4.38. The Hall–Kier alpha value is -2.34. The Morgan fingerprint density at radius 3 is 3.20 bits per heavy atom. The zero-order valence-electron chi connectivity index (χ0n) is 10.4. The second-order valence-corrected chi connectivity index (χ2v) is 5.96. The highest BCUT2D eigenvalue weighted by Crippen LogP contribution is 2.40. The summed E-state index contributed by atoms with van der Waals surface area (Å²) >= 11 is 1.57. The van der Waals surface area contributed by atoms with Crippen LogP contribution in [0.1, 0.15) is 5.56 Å². The van der Waals surface area contributed by atoms with Crippen LogP contribution in [0.3, 0.4) is 0 Å². The standard InChI is InChI=1S/C14H10N4OS/c19-14-8(3-7-4-15-11-5-18(7)11)12-9(17-14)1-2-10-13(12)20-6-16-10/h1-4,6,11,15H,5H2,(H,17,19)/b8-3-. The average Bonchev–Trinajstić information content (AvgIpc) is 2.81. The molecule has 98 valence electrons. The van der Waals surface area contributed by atoms with E-state index in [-0.39, 0.29) is 5.91 Å². The third kappa shape index (κ3) is 1.26. The number of nitrogens with one attached hydrogen (secondary N) is 2. The summed E-state index contributed by atoms with van der Waals surface area (Å²) in [5, 5.41) is 6.20. The zero-order chi connectivity index (χ0) is 13.3. The summed E-state index contributed by atoms with van der Waals surface area (Å²) < 4.78 is 1.07. The summed E-state index contributed by atoms with van der Waals surface area (Å²) in [7, 11) is 0. The molecule has 5 rings (SSSR count). The van der Waals surface area contributed by atoms with Crippen LogP contribution in [-0.4, -0.2) is 28.5 Å². The van der Waals surface area contributed by atoms with Gasteiger partial charge in [0.2, 0.25) is 0 Å². The van der Waals surface area contributed by atoms with E-state index in [4.69, 9.17) is 0 Å². The van der Waals surface area contributed by atoms with Crippen molar-refractivity contribution in [3.63, 3.8) is 0 Å². The van der Waals surface area contributed by atoms with Gasteiger partial charge in [0.15, 0.2) is 0 Å². The number of allylic oxidation sites excluding steroid dienone is 1. The van der Waals surface area contributed by atoms with Crippen LogP contribution in [0.2, 0.25) is 0 Å². The number of anilines is 1. The fourth-order valence-corrected chi connectivity index (χ4v) is 3.70. The van der Waals surface area contributed by atoms with Gasteiger partial charge in [0.05, 0.1) is 39.2 Å². The molecule has 0 spiro atoms. The Kier molecular flexibility index (Phi) is 1.78. The summed E-state index contributed by atoms with van der Waals surface area (Å²) in [5.41, 5.74) is 6.44. The molecule has 1 aromatic heterocycles. The molecule has 4 heterocycles. The first-order valence-electron chi connectivity index (χ1n) is 6.44. The molecule has 1 saturated heterocycles. The molecule has 5 nitrogen and oxygen atoms in total. The molecule has 0 saturated carbocycles. The van der Waals surface area contributed by atoms with Crippen LogP contribution in [0.15, 0.2) is 35.6 Å². The first kappa shape index (κ1) is 10.4. The quantitative estimate of drug-likeness (QED) is 0.617. The number of nitrogens with zero attached hydrogens (tertiary/aromatic N) is 2. The molecule has 6 heteroatoms. The Morgan fingerprint density at radius 1 is 1.45 bits per heavy atom. The fourth-order valence-electron chi connectivity index (χ4n) is 2.85. The van der Waals surface area contributed by atoms with E-state index >= 15 is 0 Å². The number of hydrogen-bond donors (Lipinski definition) is 2. The second-order valence-electron chi connectivity index (χ2n) is 5.10. The molecule has 0 bridgehead atoms. The maximum absolute atomic E-state index is 12.2. The van der Waals surface area contributed by atoms with E-state index in [1.807, 2.05) is 29.9 Å². The molecule has 1 atom stereocenters. The molecule has 3 aliphatic heterocycles. The van der Waals surface area contributed by atoms with Crippen LogP contribution in [0.25, 0.3) is 15.8 Å². The van der Waals surface area contributed by atoms with Gasteiger partial charge in [0.25, 0.3) is 5.91 Å². The van der Waals surface area contributed by atoms with Crippen molar-refractivity contribution >= 4 is 38.7 Å². The maximum Gasteiger partial charge on any atom is 0.256 e. The SMILES string of the molecule is O=C1Nc2ccc3ncsc3c2/C1=C/C1=CNC2CN12. The van der Waals surface area contributed by atoms with Crippen LogP contribution in [0, 0.1) is 0 Å². The number of fused-ring (bicyclic) bond motifs is 4. The lowest BCUT2D eigenvalue weighted by molar-refractivity contribution is -0.110. The number of rotatable bonds is 1. The van der Waals surface area contributed by atoms with Gasteiger partial charge >= 0.3 is 0 Å². The van der Waals surface area contributed by atoms with Gasteiger partial charge in [-0.2, -0.15) is 0 Å². The predicted octanol–water partition coefficient (Wildman–Crippen LogP) is 1.72. The van der Waals surface area contributed by atoms with E-state index in [0.717, 1.165) is 39.3 Å². The minimum atomic E-state index is -0.0351. The molecule has 1 fully saturated rings. The van der Waals surface area contributed by atoms with E-state index in [1.54, 1.807) is 11.3 Å². The number of carbonyl (C=O) groups is 1. The molecular formula is C14H10N4OS. The number of carbonyl (C=O) groups excluding carboxylic acids is 1. The first-order chi connectivity index (χ1) is 9.81. The molecule has 1 aromatic carbocycles. The van der Waals surface area contributed by atoms with Gasteiger partial charge in [-0.25, -0.2) is 4.98 Å². The number of hydrogen-bond acceptors (Lipinski definition) is 5. The van der Waals surface area contributed by atoms with Crippen molar-refractivity contribution in [3.8, 4) is 0 Å². The molecule has 20 heavy (non-hydrogen) atoms. The Labute approximate surface area is 118 Å². The van der Waals surface area contributed by atoms with Crippen LogP contribution >= 0.6 is 11.3 Å². The van der Waals surface area contributed by atoms with Crippen LogP contribution in [0.5, 0.6) is 0 Å². The van der Waals surface area contributed by atoms with E-state index < -0.39 is 0 Å². The molecule has 3 aliphatic rings. The van der Waals surface area contributed by atoms with Gasteiger partial charge in [0, 0.05) is 11.8 Å². The summed E-state index contributed by atoms with van der Waals surface area (Å²) in [6.45, 7) is 1.02. The normalized spacial score (nSPS) is 24.5. The van der Waals surface area contributed by atoms with E-state index in [0.29, 0.717) is 6.17 Å². The van der Waals surface area contributed by atoms with Crippen LogP contribution in [0.4, 0.5) is 5.69 Å². The van der Waals surface area contributed by atoms with Gasteiger partial charge in [0.1, 0.15) is 6.17 Å². The molecule has 2 aromatic rings. The first-order valence-corrected chi connectivity index (χ1v) is 7.32. The van der Waals surface area contributed by atoms with Gasteiger partial charge in [-0.3, -0.25) is 4.79 Å². The fraction of sp³-hybridized carbons (Fsp3) is 0.143. The number of benzene rings is 1. The maximum atomic E-state index is 12.2. The monoisotopic (exact) mass is 282 g/mol. The van der Waals surface area contributed by atoms with E-state index in [1.165, 1.54) is 0 Å². The van der Waals surface area contributed by atoms with Crippen molar-refractivity contribution < 1.29 is 4.79 Å². The molecule has 2 N–H and O–H groups in total. The van der Waals surface area contributed by atoms with Crippen molar-refractivity contribution in [1.29, 1.82) is 0 Å². The lowest BCUT2D eigenvalue weighted by atomic mass is 10.1. The largest absolute Gasteiger partial charge is 0.368 e. The van der Waals surface area contributed by atoms with Crippen molar-refractivity contribution in [1.82, 2.24) is 15.2 Å². The van der Waals surface area contributed by atoms with Gasteiger partial charge in [-0.05, 0) is 18.2 Å². The van der Waals surface area contributed by atoms with Crippen molar-refractivity contribution in [3.05, 3.63) is 41.2 Å².